The van der Waals surface area contributed by atoms with E-state index < -0.39 is 22.0 Å². The van der Waals surface area contributed by atoms with E-state index in [0.29, 0.717) is 11.1 Å². The smallest absolute Gasteiger partial charge is 0.332 e. The highest BCUT2D eigenvalue weighted by Crippen LogP contribution is 2.13. The number of aromatic nitrogens is 1. The van der Waals surface area contributed by atoms with Crippen LogP contribution in [0.15, 0.2) is 29.2 Å². The van der Waals surface area contributed by atoms with Crippen molar-refractivity contribution in [3.8, 4) is 11.8 Å². The Morgan fingerprint density at radius 1 is 1.45 bits per heavy atom. The average Bonchev–Trinajstić information content (AvgIpc) is 2.48. The lowest BCUT2D eigenvalue weighted by Crippen LogP contribution is -2.09. The van der Waals surface area contributed by atoms with Crippen LogP contribution in [0.1, 0.15) is 18.9 Å². The van der Waals surface area contributed by atoms with Crippen molar-refractivity contribution in [1.82, 2.24) is 4.98 Å². The summed E-state index contributed by atoms with van der Waals surface area (Å²) in [5.74, 6) is 4.94. The number of nitrogens with one attached hydrogen (secondary N) is 1. The Hall–Kier alpha value is -3.14. The number of carbonyl (C=O) groups excluding carboxylic acids is 1. The number of fused-ring (bicyclic) bond motifs is 1. The van der Waals surface area contributed by atoms with Gasteiger partial charge in [0.05, 0.1) is 23.1 Å². The molecule has 2 rings (SSSR count). The van der Waals surface area contributed by atoms with Crippen molar-refractivity contribution in [2.24, 2.45) is 0 Å². The highest BCUT2D eigenvalue weighted by atomic mass is 16.6. The molecular formula is C15H12N2O5. The first-order valence-electron chi connectivity index (χ1n) is 6.47. The van der Waals surface area contributed by atoms with Crippen LogP contribution in [0.2, 0.25) is 0 Å². The van der Waals surface area contributed by atoms with Gasteiger partial charge in [-0.15, -0.1) is 0 Å². The maximum atomic E-state index is 12.0. The highest BCUT2D eigenvalue weighted by molar-refractivity contribution is 5.82. The van der Waals surface area contributed by atoms with E-state index in [4.69, 9.17) is 4.74 Å². The minimum absolute atomic E-state index is 0.0584. The van der Waals surface area contributed by atoms with Gasteiger partial charge in [-0.25, -0.2) is 0 Å². The average molecular weight is 300 g/mol. The molecule has 0 aliphatic rings. The first-order valence-corrected chi connectivity index (χ1v) is 6.47. The van der Waals surface area contributed by atoms with Crippen LogP contribution in [0.4, 0.5) is 5.69 Å². The van der Waals surface area contributed by atoms with Gasteiger partial charge in [0, 0.05) is 11.1 Å². The van der Waals surface area contributed by atoms with Gasteiger partial charge >= 0.3 is 11.7 Å². The first kappa shape index (κ1) is 15.3. The Balaban J connectivity index is 2.36. The number of carbonyl (C=O) groups is 1. The monoisotopic (exact) mass is 300 g/mol. The number of hydrogen-bond donors (Lipinski definition) is 1. The van der Waals surface area contributed by atoms with Crippen LogP contribution in [0.3, 0.4) is 0 Å². The third-order valence-corrected chi connectivity index (χ3v) is 2.83. The van der Waals surface area contributed by atoms with Crippen LogP contribution in [0, 0.1) is 22.0 Å². The summed E-state index contributed by atoms with van der Waals surface area (Å²) >= 11 is 0. The number of ether oxygens (including phenoxy) is 1. The molecule has 0 fully saturated rings. The van der Waals surface area contributed by atoms with Crippen molar-refractivity contribution in [2.45, 2.75) is 13.3 Å². The van der Waals surface area contributed by atoms with E-state index in [1.165, 1.54) is 6.07 Å². The molecule has 112 valence electrons. The zero-order valence-corrected chi connectivity index (χ0v) is 11.7. The minimum Gasteiger partial charge on any atom is -0.465 e. The van der Waals surface area contributed by atoms with E-state index in [9.17, 15) is 19.7 Å². The fourth-order valence-electron chi connectivity index (χ4n) is 1.85. The van der Waals surface area contributed by atoms with Gasteiger partial charge in [-0.3, -0.25) is 19.7 Å². The van der Waals surface area contributed by atoms with Gasteiger partial charge in [0.15, 0.2) is 0 Å². The Bertz CT molecular complexity index is 858. The van der Waals surface area contributed by atoms with Crippen LogP contribution >= 0.6 is 0 Å². The number of benzene rings is 1. The summed E-state index contributed by atoms with van der Waals surface area (Å²) in [6.07, 6.45) is 1.01. The molecule has 0 bridgehead atoms. The molecule has 22 heavy (non-hydrogen) atoms. The van der Waals surface area contributed by atoms with E-state index >= 15 is 0 Å². The Kier molecular flexibility index (Phi) is 4.53. The summed E-state index contributed by atoms with van der Waals surface area (Å²) in [7, 11) is 0. The van der Waals surface area contributed by atoms with Crippen molar-refractivity contribution in [2.75, 3.05) is 6.61 Å². The molecule has 7 heteroatoms. The largest absolute Gasteiger partial charge is 0.465 e. The van der Waals surface area contributed by atoms with Gasteiger partial charge in [0.1, 0.15) is 6.42 Å². The van der Waals surface area contributed by atoms with Crippen molar-refractivity contribution in [1.29, 1.82) is 0 Å². The van der Waals surface area contributed by atoms with E-state index in [1.54, 1.807) is 19.1 Å². The van der Waals surface area contributed by atoms with Crippen LogP contribution in [0.5, 0.6) is 0 Å². The summed E-state index contributed by atoms with van der Waals surface area (Å²) < 4.78 is 4.74. The van der Waals surface area contributed by atoms with Crippen molar-refractivity contribution in [3.63, 3.8) is 0 Å². The lowest BCUT2D eigenvalue weighted by molar-refractivity contribution is -0.386. The molecule has 1 N–H and O–H groups in total. The number of rotatable bonds is 3. The molecule has 0 amide bonds. The summed E-state index contributed by atoms with van der Waals surface area (Å²) in [5, 5.41) is 10.9. The lowest BCUT2D eigenvalue weighted by Gasteiger charge is -1.99. The first-order chi connectivity index (χ1) is 10.5. The van der Waals surface area contributed by atoms with Gasteiger partial charge in [-0.1, -0.05) is 11.8 Å². The second-order valence-electron chi connectivity index (χ2n) is 4.30. The lowest BCUT2D eigenvalue weighted by atomic mass is 10.1. The molecule has 0 saturated carbocycles. The number of nitro groups is 1. The summed E-state index contributed by atoms with van der Waals surface area (Å²) in [6, 6.07) is 4.72. The number of nitrogens with zero attached hydrogens (tertiary/aromatic N) is 1. The predicted molar refractivity (Wildman–Crippen MR) is 79.4 cm³/mol. The van der Waals surface area contributed by atoms with Crippen LogP contribution in [-0.2, 0) is 9.53 Å². The molecule has 0 spiro atoms. The number of pyridine rings is 1. The topological polar surface area (TPSA) is 102 Å². The third-order valence-electron chi connectivity index (χ3n) is 2.83. The fraction of sp³-hybridized carbons (Fsp3) is 0.200. The van der Waals surface area contributed by atoms with Crippen molar-refractivity contribution >= 4 is 22.6 Å². The zero-order chi connectivity index (χ0) is 16.1. The van der Waals surface area contributed by atoms with Gasteiger partial charge in [-0.2, -0.15) is 0 Å². The molecule has 1 aromatic carbocycles. The highest BCUT2D eigenvalue weighted by Gasteiger charge is 2.14. The number of H-pyrrole nitrogens is 1. The van der Waals surface area contributed by atoms with E-state index in [0.717, 1.165) is 6.20 Å². The fourth-order valence-corrected chi connectivity index (χ4v) is 1.85. The van der Waals surface area contributed by atoms with Crippen LogP contribution in [0.25, 0.3) is 10.9 Å². The Labute approximate surface area is 125 Å². The minimum atomic E-state index is -0.739. The molecule has 2 aromatic rings. The Morgan fingerprint density at radius 2 is 2.23 bits per heavy atom. The molecular weight excluding hydrogens is 288 g/mol. The second-order valence-corrected chi connectivity index (χ2v) is 4.30. The summed E-state index contributed by atoms with van der Waals surface area (Å²) in [5.41, 5.74) is -0.230. The molecule has 0 atom stereocenters. The molecule has 0 radical (unpaired) electrons. The predicted octanol–water partition coefficient (Wildman–Crippen LogP) is 1.74. The molecule has 0 aliphatic carbocycles. The summed E-state index contributed by atoms with van der Waals surface area (Å²) in [6.45, 7) is 1.99. The quantitative estimate of drug-likeness (QED) is 0.402. The van der Waals surface area contributed by atoms with Gasteiger partial charge < -0.3 is 9.72 Å². The van der Waals surface area contributed by atoms with E-state index in [-0.39, 0.29) is 18.4 Å². The normalized spacial score (nSPS) is 9.86. The Morgan fingerprint density at radius 3 is 2.91 bits per heavy atom. The second kappa shape index (κ2) is 6.54. The van der Waals surface area contributed by atoms with Gasteiger partial charge in [0.25, 0.3) is 5.43 Å². The summed E-state index contributed by atoms with van der Waals surface area (Å²) in [4.78, 5) is 35.9. The third kappa shape index (κ3) is 3.30. The maximum Gasteiger partial charge on any atom is 0.332 e. The zero-order valence-electron chi connectivity index (χ0n) is 11.7. The maximum absolute atomic E-state index is 12.0. The number of hydrogen-bond acceptors (Lipinski definition) is 5. The van der Waals surface area contributed by atoms with E-state index in [1.807, 2.05) is 0 Å². The molecule has 0 saturated heterocycles. The van der Waals surface area contributed by atoms with Crippen molar-refractivity contribution < 1.29 is 14.5 Å². The molecule has 0 aliphatic heterocycles. The van der Waals surface area contributed by atoms with Gasteiger partial charge in [0.2, 0.25) is 0 Å². The van der Waals surface area contributed by atoms with Crippen molar-refractivity contribution in [3.05, 3.63) is 50.3 Å². The molecule has 1 heterocycles. The van der Waals surface area contributed by atoms with Crippen LogP contribution < -0.4 is 5.43 Å². The molecule has 7 nitrogen and oxygen atoms in total. The molecule has 1 aromatic heterocycles. The number of aromatic amines is 1. The van der Waals surface area contributed by atoms with Crippen LogP contribution in [-0.4, -0.2) is 22.5 Å². The van der Waals surface area contributed by atoms with E-state index in [2.05, 4.69) is 16.8 Å². The van der Waals surface area contributed by atoms with Gasteiger partial charge in [-0.05, 0) is 25.1 Å². The molecule has 0 unspecified atom stereocenters. The number of esters is 1. The SMILES string of the molecule is CCOC(=O)CC#Cc1ccc2[nH]cc([N+](=O)[O-])c(=O)c2c1. The standard InChI is InChI=1S/C15H12N2O5/c1-2-22-14(18)5-3-4-10-6-7-12-11(8-10)15(19)13(9-16-12)17(20)21/h6-9H,2,5H2,1H3,(H,16,19).